The number of likely N-dealkylation sites (tertiary alicyclic amines) is 1. The van der Waals surface area contributed by atoms with Crippen molar-refractivity contribution in [3.63, 3.8) is 0 Å². The average Bonchev–Trinajstić information content (AvgIpc) is 2.72. The molecule has 2 atom stereocenters. The van der Waals surface area contributed by atoms with Gasteiger partial charge in [0.1, 0.15) is 0 Å². The smallest absolute Gasteiger partial charge is 0.222 e. The van der Waals surface area contributed by atoms with E-state index in [4.69, 9.17) is 0 Å². The lowest BCUT2D eigenvalue weighted by molar-refractivity contribution is -0.127. The van der Waals surface area contributed by atoms with E-state index in [9.17, 15) is 4.79 Å². The number of nitrogens with one attached hydrogen (secondary N) is 1. The maximum absolute atomic E-state index is 11.5. The molecule has 0 radical (unpaired) electrons. The van der Waals surface area contributed by atoms with E-state index in [0.717, 1.165) is 38.5 Å². The van der Waals surface area contributed by atoms with Crippen LogP contribution >= 0.6 is 0 Å². The lowest BCUT2D eigenvalue weighted by Crippen LogP contribution is -2.28. The average molecular weight is 196 g/mol. The van der Waals surface area contributed by atoms with Crippen LogP contribution in [0.1, 0.15) is 26.2 Å². The first-order chi connectivity index (χ1) is 6.75. The van der Waals surface area contributed by atoms with Gasteiger partial charge in [-0.05, 0) is 37.8 Å². The Labute approximate surface area is 85.8 Å². The lowest BCUT2D eigenvalue weighted by Gasteiger charge is -2.18. The molecule has 2 aliphatic heterocycles. The molecule has 0 aromatic heterocycles. The van der Waals surface area contributed by atoms with Crippen LogP contribution in [0.25, 0.3) is 0 Å². The summed E-state index contributed by atoms with van der Waals surface area (Å²) in [6.07, 6.45) is 3.24. The third kappa shape index (κ3) is 2.27. The van der Waals surface area contributed by atoms with Gasteiger partial charge >= 0.3 is 0 Å². The number of nitrogens with zero attached hydrogens (tertiary/aromatic N) is 1. The van der Waals surface area contributed by atoms with Crippen molar-refractivity contribution in [1.29, 1.82) is 0 Å². The first kappa shape index (κ1) is 9.97. The third-order valence-electron chi connectivity index (χ3n) is 3.38. The zero-order valence-electron chi connectivity index (χ0n) is 8.96. The highest BCUT2D eigenvalue weighted by molar-refractivity contribution is 5.78. The molecule has 0 aromatic carbocycles. The van der Waals surface area contributed by atoms with E-state index in [1.807, 2.05) is 4.90 Å². The van der Waals surface area contributed by atoms with E-state index in [2.05, 4.69) is 12.2 Å². The molecular weight excluding hydrogens is 176 g/mol. The van der Waals surface area contributed by atoms with Crippen LogP contribution in [-0.4, -0.2) is 37.0 Å². The van der Waals surface area contributed by atoms with Gasteiger partial charge in [-0.3, -0.25) is 4.79 Å². The minimum absolute atomic E-state index is 0.364. The fourth-order valence-corrected chi connectivity index (χ4v) is 2.49. The molecule has 80 valence electrons. The molecule has 2 rings (SSSR count). The number of amides is 1. The van der Waals surface area contributed by atoms with Gasteiger partial charge < -0.3 is 10.2 Å². The first-order valence-electron chi connectivity index (χ1n) is 5.74. The van der Waals surface area contributed by atoms with E-state index in [-0.39, 0.29) is 0 Å². The molecule has 0 saturated carbocycles. The monoisotopic (exact) mass is 196 g/mol. The molecule has 3 nitrogen and oxygen atoms in total. The molecule has 0 aromatic rings. The predicted molar refractivity (Wildman–Crippen MR) is 56.0 cm³/mol. The zero-order chi connectivity index (χ0) is 9.97. The van der Waals surface area contributed by atoms with Crippen molar-refractivity contribution in [2.75, 3.05) is 26.2 Å². The highest BCUT2D eigenvalue weighted by Gasteiger charge is 2.26. The fourth-order valence-electron chi connectivity index (χ4n) is 2.49. The summed E-state index contributed by atoms with van der Waals surface area (Å²) in [5, 5.41) is 3.36. The lowest BCUT2D eigenvalue weighted by atomic mass is 10.1. The highest BCUT2D eigenvalue weighted by atomic mass is 16.2. The van der Waals surface area contributed by atoms with E-state index >= 15 is 0 Å². The number of hydrogen-bond donors (Lipinski definition) is 1. The number of carbonyl (C=O) groups is 1. The topological polar surface area (TPSA) is 32.3 Å². The molecule has 14 heavy (non-hydrogen) atoms. The standard InChI is InChI=1S/C11H20N2O/c1-9-6-11(14)13(8-9)5-3-10-2-4-12-7-10/h9-10,12H,2-8H2,1H3. The normalized spacial score (nSPS) is 32.9. The van der Waals surface area contributed by atoms with E-state index in [0.29, 0.717) is 11.8 Å². The van der Waals surface area contributed by atoms with E-state index < -0.39 is 0 Å². The van der Waals surface area contributed by atoms with Crippen LogP contribution in [0.2, 0.25) is 0 Å². The van der Waals surface area contributed by atoms with Gasteiger partial charge in [0.25, 0.3) is 0 Å². The summed E-state index contributed by atoms with van der Waals surface area (Å²) >= 11 is 0. The highest BCUT2D eigenvalue weighted by Crippen LogP contribution is 2.19. The van der Waals surface area contributed by atoms with Crippen LogP contribution in [0.4, 0.5) is 0 Å². The van der Waals surface area contributed by atoms with Gasteiger partial charge in [-0.15, -0.1) is 0 Å². The van der Waals surface area contributed by atoms with Crippen molar-refractivity contribution in [3.05, 3.63) is 0 Å². The Morgan fingerprint density at radius 2 is 2.43 bits per heavy atom. The molecule has 0 spiro atoms. The summed E-state index contributed by atoms with van der Waals surface area (Å²) in [6.45, 7) is 6.44. The van der Waals surface area contributed by atoms with Crippen LogP contribution in [0.5, 0.6) is 0 Å². The minimum Gasteiger partial charge on any atom is -0.342 e. The summed E-state index contributed by atoms with van der Waals surface area (Å²) in [6, 6.07) is 0. The Bertz CT molecular complexity index is 211. The Morgan fingerprint density at radius 1 is 1.57 bits per heavy atom. The summed E-state index contributed by atoms with van der Waals surface area (Å²) in [5.41, 5.74) is 0. The van der Waals surface area contributed by atoms with Crippen molar-refractivity contribution in [2.45, 2.75) is 26.2 Å². The first-order valence-corrected chi connectivity index (χ1v) is 5.74. The van der Waals surface area contributed by atoms with Crippen molar-refractivity contribution >= 4 is 5.91 Å². The Hall–Kier alpha value is -0.570. The zero-order valence-corrected chi connectivity index (χ0v) is 8.96. The van der Waals surface area contributed by atoms with Gasteiger partial charge in [-0.1, -0.05) is 6.92 Å². The number of carbonyl (C=O) groups excluding carboxylic acids is 1. The van der Waals surface area contributed by atoms with Crippen molar-refractivity contribution in [3.8, 4) is 0 Å². The maximum Gasteiger partial charge on any atom is 0.222 e. The Kier molecular flexibility index (Phi) is 3.06. The molecule has 1 amide bonds. The second-order valence-electron chi connectivity index (χ2n) is 4.80. The van der Waals surface area contributed by atoms with Gasteiger partial charge in [0, 0.05) is 19.5 Å². The molecule has 0 aliphatic carbocycles. The molecular formula is C11H20N2O. The van der Waals surface area contributed by atoms with Crippen LogP contribution < -0.4 is 5.32 Å². The van der Waals surface area contributed by atoms with E-state index in [1.54, 1.807) is 0 Å². The summed E-state index contributed by atoms with van der Waals surface area (Å²) in [5.74, 6) is 1.74. The molecule has 2 heterocycles. The van der Waals surface area contributed by atoms with E-state index in [1.165, 1.54) is 12.8 Å². The van der Waals surface area contributed by atoms with Crippen LogP contribution in [0, 0.1) is 11.8 Å². The molecule has 3 heteroatoms. The molecule has 1 N–H and O–H groups in total. The van der Waals surface area contributed by atoms with Gasteiger partial charge in [-0.2, -0.15) is 0 Å². The minimum atomic E-state index is 0.364. The van der Waals surface area contributed by atoms with Crippen LogP contribution in [0.15, 0.2) is 0 Å². The SMILES string of the molecule is CC1CC(=O)N(CCC2CCNC2)C1. The second kappa shape index (κ2) is 4.30. The molecule has 2 fully saturated rings. The number of hydrogen-bond acceptors (Lipinski definition) is 2. The van der Waals surface area contributed by atoms with Crippen molar-refractivity contribution in [1.82, 2.24) is 10.2 Å². The summed E-state index contributed by atoms with van der Waals surface area (Å²) < 4.78 is 0. The molecule has 2 aliphatic rings. The second-order valence-corrected chi connectivity index (χ2v) is 4.80. The van der Waals surface area contributed by atoms with Gasteiger partial charge in [0.15, 0.2) is 0 Å². The molecule has 0 bridgehead atoms. The molecule has 2 saturated heterocycles. The van der Waals surface area contributed by atoms with Crippen LogP contribution in [0.3, 0.4) is 0 Å². The Morgan fingerprint density at radius 3 is 3.00 bits per heavy atom. The number of rotatable bonds is 3. The fraction of sp³-hybridized carbons (Fsp3) is 0.909. The largest absolute Gasteiger partial charge is 0.342 e. The van der Waals surface area contributed by atoms with Gasteiger partial charge in [0.05, 0.1) is 0 Å². The van der Waals surface area contributed by atoms with Crippen molar-refractivity contribution < 1.29 is 4.79 Å². The third-order valence-corrected chi connectivity index (χ3v) is 3.38. The summed E-state index contributed by atoms with van der Waals surface area (Å²) in [4.78, 5) is 13.5. The van der Waals surface area contributed by atoms with Crippen LogP contribution in [-0.2, 0) is 4.79 Å². The van der Waals surface area contributed by atoms with Crippen molar-refractivity contribution in [2.24, 2.45) is 11.8 Å². The molecule has 2 unspecified atom stereocenters. The van der Waals surface area contributed by atoms with Gasteiger partial charge in [-0.25, -0.2) is 0 Å². The maximum atomic E-state index is 11.5. The predicted octanol–water partition coefficient (Wildman–Crippen LogP) is 0.854. The quantitative estimate of drug-likeness (QED) is 0.726. The Balaban J connectivity index is 1.72. The summed E-state index contributed by atoms with van der Waals surface area (Å²) in [7, 11) is 0. The van der Waals surface area contributed by atoms with Gasteiger partial charge in [0.2, 0.25) is 5.91 Å².